The van der Waals surface area contributed by atoms with E-state index in [-0.39, 0.29) is 6.04 Å². The molecule has 0 aliphatic carbocycles. The van der Waals surface area contributed by atoms with Crippen LogP contribution in [0, 0.1) is 0 Å². The lowest BCUT2D eigenvalue weighted by Gasteiger charge is -2.22. The molecule has 0 saturated carbocycles. The zero-order valence-corrected chi connectivity index (χ0v) is 17.3. The van der Waals surface area contributed by atoms with Crippen molar-refractivity contribution in [3.8, 4) is 21.1 Å². The van der Waals surface area contributed by atoms with Crippen LogP contribution >= 0.6 is 22.9 Å². The Bertz CT molecular complexity index is 1020. The van der Waals surface area contributed by atoms with Crippen LogP contribution in [-0.2, 0) is 0 Å². The third kappa shape index (κ3) is 4.02. The van der Waals surface area contributed by atoms with Crippen LogP contribution in [0.2, 0.25) is 5.02 Å². The summed E-state index contributed by atoms with van der Waals surface area (Å²) < 4.78 is 0. The van der Waals surface area contributed by atoms with Gasteiger partial charge in [-0.25, -0.2) is 4.98 Å². The standard InChI is InChI=1S/C22H21ClN4S/c1-14(2)27-20(16-3-5-17(23)6-4-16)18-13-19(15-7-9-24-10-8-15)28-21(18)22-25-11-12-26-22/h3-14,20,27H,1-2H3,(H,25,26). The molecule has 0 aliphatic heterocycles. The fraction of sp³-hybridized carbons (Fsp3) is 0.182. The number of aromatic amines is 1. The topological polar surface area (TPSA) is 53.6 Å². The quantitative estimate of drug-likeness (QED) is 0.415. The summed E-state index contributed by atoms with van der Waals surface area (Å²) in [6, 6.07) is 14.7. The zero-order valence-electron chi connectivity index (χ0n) is 15.7. The molecule has 142 valence electrons. The number of nitrogens with one attached hydrogen (secondary N) is 2. The van der Waals surface area contributed by atoms with Crippen molar-refractivity contribution in [2.45, 2.75) is 25.9 Å². The van der Waals surface area contributed by atoms with Crippen molar-refractivity contribution in [2.75, 3.05) is 0 Å². The Labute approximate surface area is 173 Å². The Balaban J connectivity index is 1.87. The number of nitrogens with zero attached hydrogens (tertiary/aromatic N) is 2. The van der Waals surface area contributed by atoms with Crippen molar-refractivity contribution in [1.29, 1.82) is 0 Å². The number of thiophene rings is 1. The van der Waals surface area contributed by atoms with Gasteiger partial charge in [0.1, 0.15) is 5.82 Å². The molecule has 28 heavy (non-hydrogen) atoms. The van der Waals surface area contributed by atoms with Gasteiger partial charge in [-0.2, -0.15) is 0 Å². The van der Waals surface area contributed by atoms with E-state index in [0.29, 0.717) is 6.04 Å². The molecule has 2 N–H and O–H groups in total. The van der Waals surface area contributed by atoms with Gasteiger partial charge in [0.25, 0.3) is 0 Å². The van der Waals surface area contributed by atoms with Crippen molar-refractivity contribution in [1.82, 2.24) is 20.3 Å². The summed E-state index contributed by atoms with van der Waals surface area (Å²) in [4.78, 5) is 14.2. The molecule has 0 radical (unpaired) electrons. The van der Waals surface area contributed by atoms with Crippen molar-refractivity contribution < 1.29 is 0 Å². The summed E-state index contributed by atoms with van der Waals surface area (Å²) >= 11 is 7.86. The maximum atomic E-state index is 6.13. The first-order chi connectivity index (χ1) is 13.6. The lowest BCUT2D eigenvalue weighted by Crippen LogP contribution is -2.29. The van der Waals surface area contributed by atoms with E-state index in [1.54, 1.807) is 17.5 Å². The van der Waals surface area contributed by atoms with Gasteiger partial charge >= 0.3 is 0 Å². The number of H-pyrrole nitrogens is 1. The molecule has 0 saturated heterocycles. The van der Waals surface area contributed by atoms with Crippen molar-refractivity contribution in [3.05, 3.63) is 83.4 Å². The summed E-state index contributed by atoms with van der Waals surface area (Å²) in [6.07, 6.45) is 7.30. The molecule has 0 fully saturated rings. The van der Waals surface area contributed by atoms with E-state index in [1.807, 2.05) is 42.9 Å². The maximum absolute atomic E-state index is 6.13. The van der Waals surface area contributed by atoms with Crippen LogP contribution in [0.4, 0.5) is 0 Å². The lowest BCUT2D eigenvalue weighted by atomic mass is 9.97. The molecule has 3 aromatic heterocycles. The number of benzene rings is 1. The molecule has 4 aromatic rings. The first-order valence-electron chi connectivity index (χ1n) is 9.17. The molecule has 0 aliphatic rings. The summed E-state index contributed by atoms with van der Waals surface area (Å²) in [6.45, 7) is 4.32. The maximum Gasteiger partial charge on any atom is 0.147 e. The summed E-state index contributed by atoms with van der Waals surface area (Å²) in [7, 11) is 0. The molecule has 1 aromatic carbocycles. The van der Waals surface area contributed by atoms with Crippen LogP contribution in [0.25, 0.3) is 21.1 Å². The summed E-state index contributed by atoms with van der Waals surface area (Å²) in [5, 5.41) is 4.45. The third-order valence-corrected chi connectivity index (χ3v) is 5.91. The molecule has 1 unspecified atom stereocenters. The number of imidazole rings is 1. The Morgan fingerprint density at radius 1 is 1.04 bits per heavy atom. The van der Waals surface area contributed by atoms with Crippen molar-refractivity contribution in [3.63, 3.8) is 0 Å². The van der Waals surface area contributed by atoms with Gasteiger partial charge < -0.3 is 10.3 Å². The van der Waals surface area contributed by atoms with E-state index in [9.17, 15) is 0 Å². The summed E-state index contributed by atoms with van der Waals surface area (Å²) in [5.41, 5.74) is 3.52. The van der Waals surface area contributed by atoms with E-state index in [0.717, 1.165) is 21.3 Å². The van der Waals surface area contributed by atoms with Gasteiger partial charge in [-0.3, -0.25) is 4.98 Å². The molecule has 0 spiro atoms. The Hall–Kier alpha value is -2.47. The lowest BCUT2D eigenvalue weighted by molar-refractivity contribution is 0.530. The number of rotatable bonds is 6. The predicted molar refractivity (Wildman–Crippen MR) is 117 cm³/mol. The fourth-order valence-corrected chi connectivity index (χ4v) is 4.50. The average Bonchev–Trinajstić information content (AvgIpc) is 3.37. The summed E-state index contributed by atoms with van der Waals surface area (Å²) in [5.74, 6) is 0.879. The smallest absolute Gasteiger partial charge is 0.147 e. The second-order valence-electron chi connectivity index (χ2n) is 6.87. The highest BCUT2D eigenvalue weighted by Crippen LogP contribution is 2.41. The van der Waals surface area contributed by atoms with Gasteiger partial charge in [0, 0.05) is 40.7 Å². The minimum atomic E-state index is 0.0317. The predicted octanol–water partition coefficient (Wildman–Crippen LogP) is 5.94. The Kier molecular flexibility index (Phi) is 5.57. The van der Waals surface area contributed by atoms with Crippen LogP contribution in [0.15, 0.2) is 67.3 Å². The first-order valence-corrected chi connectivity index (χ1v) is 10.4. The molecular formula is C22H21ClN4S. The highest BCUT2D eigenvalue weighted by molar-refractivity contribution is 7.19. The number of aromatic nitrogens is 3. The van der Waals surface area contributed by atoms with Crippen molar-refractivity contribution in [2.24, 2.45) is 0 Å². The average molecular weight is 409 g/mol. The van der Waals surface area contributed by atoms with Gasteiger partial charge in [-0.1, -0.05) is 23.7 Å². The molecule has 0 bridgehead atoms. The van der Waals surface area contributed by atoms with E-state index >= 15 is 0 Å². The Morgan fingerprint density at radius 3 is 2.43 bits per heavy atom. The van der Waals surface area contributed by atoms with E-state index in [1.165, 1.54) is 16.0 Å². The van der Waals surface area contributed by atoms with Crippen LogP contribution in [0.3, 0.4) is 0 Å². The van der Waals surface area contributed by atoms with Gasteiger partial charge in [0.05, 0.1) is 10.9 Å². The highest BCUT2D eigenvalue weighted by Gasteiger charge is 2.23. The van der Waals surface area contributed by atoms with E-state index in [2.05, 4.69) is 52.3 Å². The molecule has 4 rings (SSSR count). The SMILES string of the molecule is CC(C)NC(c1ccc(Cl)cc1)c1cc(-c2ccncc2)sc1-c1ncc[nH]1. The first kappa shape index (κ1) is 18.9. The van der Waals surface area contributed by atoms with Crippen LogP contribution in [0.5, 0.6) is 0 Å². The van der Waals surface area contributed by atoms with E-state index < -0.39 is 0 Å². The van der Waals surface area contributed by atoms with Gasteiger partial charge in [0.15, 0.2) is 0 Å². The molecule has 3 heterocycles. The molecule has 6 heteroatoms. The fourth-order valence-electron chi connectivity index (χ4n) is 3.21. The van der Waals surface area contributed by atoms with Gasteiger partial charge in [-0.15, -0.1) is 11.3 Å². The van der Waals surface area contributed by atoms with Crippen LogP contribution < -0.4 is 5.32 Å². The van der Waals surface area contributed by atoms with E-state index in [4.69, 9.17) is 11.6 Å². The number of pyridine rings is 1. The Morgan fingerprint density at radius 2 is 1.79 bits per heavy atom. The van der Waals surface area contributed by atoms with Crippen LogP contribution in [-0.4, -0.2) is 21.0 Å². The molecule has 1 atom stereocenters. The number of halogens is 1. The van der Waals surface area contributed by atoms with Gasteiger partial charge in [-0.05, 0) is 60.9 Å². The van der Waals surface area contributed by atoms with Crippen LogP contribution in [0.1, 0.15) is 31.0 Å². The second-order valence-corrected chi connectivity index (χ2v) is 8.36. The largest absolute Gasteiger partial charge is 0.344 e. The van der Waals surface area contributed by atoms with Crippen molar-refractivity contribution >= 4 is 22.9 Å². The molecular weight excluding hydrogens is 388 g/mol. The second kappa shape index (κ2) is 8.27. The van der Waals surface area contributed by atoms with Gasteiger partial charge in [0.2, 0.25) is 0 Å². The minimum Gasteiger partial charge on any atom is -0.344 e. The molecule has 4 nitrogen and oxygen atoms in total. The normalized spacial score (nSPS) is 12.4. The minimum absolute atomic E-state index is 0.0317. The number of hydrogen-bond acceptors (Lipinski definition) is 4. The molecule has 0 amide bonds. The monoisotopic (exact) mass is 408 g/mol. The third-order valence-electron chi connectivity index (χ3n) is 4.45. The zero-order chi connectivity index (χ0) is 19.5. The highest BCUT2D eigenvalue weighted by atomic mass is 35.5. The number of hydrogen-bond donors (Lipinski definition) is 2.